The number of amides is 3. The molecule has 9 heteroatoms. The van der Waals surface area contributed by atoms with Crippen LogP contribution < -0.4 is 9.64 Å². The van der Waals surface area contributed by atoms with Gasteiger partial charge in [-0.2, -0.15) is 0 Å². The van der Waals surface area contributed by atoms with Crippen LogP contribution in [0.1, 0.15) is 43.0 Å². The van der Waals surface area contributed by atoms with Gasteiger partial charge in [0.15, 0.2) is 0 Å². The van der Waals surface area contributed by atoms with Gasteiger partial charge in [-0.1, -0.05) is 84.9 Å². The summed E-state index contributed by atoms with van der Waals surface area (Å²) in [4.78, 5) is 51.2. The summed E-state index contributed by atoms with van der Waals surface area (Å²) >= 11 is 0. The Morgan fingerprint density at radius 3 is 1.87 bits per heavy atom. The van der Waals surface area contributed by atoms with Gasteiger partial charge in [0, 0.05) is 90.6 Å². The zero-order chi connectivity index (χ0) is 37.9. The van der Waals surface area contributed by atoms with E-state index in [0.29, 0.717) is 32.6 Å². The molecule has 0 unspecified atom stereocenters. The minimum atomic E-state index is -0.702. The van der Waals surface area contributed by atoms with Crippen molar-refractivity contribution in [2.75, 3.05) is 57.3 Å². The molecule has 0 N–H and O–H groups in total. The van der Waals surface area contributed by atoms with Gasteiger partial charge in [-0.05, 0) is 66.4 Å². The zero-order valence-electron chi connectivity index (χ0n) is 31.8. The molecule has 2 saturated heterocycles. The Hall–Kier alpha value is -5.41. The fourth-order valence-corrected chi connectivity index (χ4v) is 7.17. The maximum absolute atomic E-state index is 14.7. The molecule has 0 radical (unpaired) electrons. The van der Waals surface area contributed by atoms with Crippen LogP contribution in [0, 0.1) is 0 Å². The molecule has 4 aromatic carbocycles. The van der Waals surface area contributed by atoms with E-state index in [4.69, 9.17) is 4.74 Å². The van der Waals surface area contributed by atoms with E-state index in [1.807, 2.05) is 90.4 Å². The van der Waals surface area contributed by atoms with E-state index < -0.39 is 6.04 Å². The molecule has 0 saturated carbocycles. The van der Waals surface area contributed by atoms with Gasteiger partial charge in [-0.15, -0.1) is 0 Å². The molecule has 2 heterocycles. The standard InChI is InChI=1S/C45H53N5O4/c1-35(2)54-42-21-16-37(17-22-42)18-23-44(52)50(34-40-14-19-41(20-15-40)48-30-28-47(29-31-48)36(3)51)43(32-38-10-6-4-7-11-38)45(53)49-26-24-46(25-27-49)33-39-12-8-5-9-13-39/h4-23,35,43H,24-34H2,1-3H3/t43-/m0/s1. The molecule has 0 aromatic heterocycles. The molecule has 2 fully saturated rings. The Morgan fingerprint density at radius 2 is 1.28 bits per heavy atom. The second-order valence-corrected chi connectivity index (χ2v) is 14.5. The molecule has 0 aliphatic carbocycles. The Balaban J connectivity index is 1.24. The van der Waals surface area contributed by atoms with Crippen LogP contribution in [0.4, 0.5) is 5.69 Å². The average molecular weight is 728 g/mol. The van der Waals surface area contributed by atoms with Crippen LogP contribution in [-0.4, -0.2) is 102 Å². The van der Waals surface area contributed by atoms with Crippen molar-refractivity contribution < 1.29 is 19.1 Å². The first-order valence-corrected chi connectivity index (χ1v) is 19.2. The molecule has 3 amide bonds. The van der Waals surface area contributed by atoms with E-state index in [1.165, 1.54) is 5.56 Å². The summed E-state index contributed by atoms with van der Waals surface area (Å²) < 4.78 is 5.81. The zero-order valence-corrected chi connectivity index (χ0v) is 31.8. The third-order valence-corrected chi connectivity index (χ3v) is 10.2. The molecule has 9 nitrogen and oxygen atoms in total. The lowest BCUT2D eigenvalue weighted by atomic mass is 10.0. The van der Waals surface area contributed by atoms with E-state index in [1.54, 1.807) is 17.9 Å². The fraction of sp³-hybridized carbons (Fsp3) is 0.356. The van der Waals surface area contributed by atoms with Crippen LogP contribution in [0.5, 0.6) is 5.75 Å². The number of benzene rings is 4. The molecule has 282 valence electrons. The van der Waals surface area contributed by atoms with Crippen LogP contribution >= 0.6 is 0 Å². The van der Waals surface area contributed by atoms with E-state index in [0.717, 1.165) is 60.9 Å². The lowest BCUT2D eigenvalue weighted by Gasteiger charge is -2.39. The monoisotopic (exact) mass is 727 g/mol. The van der Waals surface area contributed by atoms with Gasteiger partial charge < -0.3 is 24.3 Å². The van der Waals surface area contributed by atoms with Crippen LogP contribution in [0.2, 0.25) is 0 Å². The normalized spacial score (nSPS) is 15.7. The number of carbonyl (C=O) groups is 3. The number of ether oxygens (including phenoxy) is 1. The summed E-state index contributed by atoms with van der Waals surface area (Å²) in [5.74, 6) is 0.625. The number of hydrogen-bond acceptors (Lipinski definition) is 6. The van der Waals surface area contributed by atoms with Gasteiger partial charge in [-0.25, -0.2) is 0 Å². The maximum Gasteiger partial charge on any atom is 0.247 e. The number of piperazine rings is 2. The molecule has 2 aliphatic rings. The number of rotatable bonds is 13. The number of anilines is 1. The highest BCUT2D eigenvalue weighted by molar-refractivity contribution is 5.96. The van der Waals surface area contributed by atoms with Crippen LogP contribution in [0.15, 0.2) is 115 Å². The summed E-state index contributed by atoms with van der Waals surface area (Å²) in [5.41, 5.74) is 5.15. The van der Waals surface area contributed by atoms with E-state index in [2.05, 4.69) is 58.3 Å². The Kier molecular flexibility index (Phi) is 13.2. The first-order chi connectivity index (χ1) is 26.2. The minimum Gasteiger partial charge on any atom is -0.491 e. The van der Waals surface area contributed by atoms with Gasteiger partial charge in [0.25, 0.3) is 0 Å². The topological polar surface area (TPSA) is 76.6 Å². The minimum absolute atomic E-state index is 0.0323. The smallest absolute Gasteiger partial charge is 0.247 e. The third kappa shape index (κ3) is 10.6. The molecule has 54 heavy (non-hydrogen) atoms. The second kappa shape index (κ2) is 18.6. The van der Waals surface area contributed by atoms with Crippen molar-refractivity contribution in [2.24, 2.45) is 0 Å². The molecule has 2 aliphatic heterocycles. The highest BCUT2D eigenvalue weighted by atomic mass is 16.5. The van der Waals surface area contributed by atoms with Crippen molar-refractivity contribution in [1.29, 1.82) is 0 Å². The number of nitrogens with zero attached hydrogens (tertiary/aromatic N) is 5. The van der Waals surface area contributed by atoms with Gasteiger partial charge >= 0.3 is 0 Å². The Bertz CT molecular complexity index is 1830. The predicted octanol–water partition coefficient (Wildman–Crippen LogP) is 6.14. The Morgan fingerprint density at radius 1 is 0.685 bits per heavy atom. The first-order valence-electron chi connectivity index (χ1n) is 19.2. The van der Waals surface area contributed by atoms with Crippen molar-refractivity contribution >= 4 is 29.5 Å². The van der Waals surface area contributed by atoms with Gasteiger partial charge in [0.1, 0.15) is 11.8 Å². The highest BCUT2D eigenvalue weighted by Crippen LogP contribution is 2.23. The maximum atomic E-state index is 14.7. The van der Waals surface area contributed by atoms with Crippen molar-refractivity contribution in [3.05, 3.63) is 138 Å². The van der Waals surface area contributed by atoms with Crippen LogP contribution in [-0.2, 0) is 33.9 Å². The number of carbonyl (C=O) groups excluding carboxylic acids is 3. The largest absolute Gasteiger partial charge is 0.491 e. The quantitative estimate of drug-likeness (QED) is 0.154. The fourth-order valence-electron chi connectivity index (χ4n) is 7.17. The van der Waals surface area contributed by atoms with Crippen molar-refractivity contribution in [3.63, 3.8) is 0 Å². The van der Waals surface area contributed by atoms with Gasteiger partial charge in [0.2, 0.25) is 17.7 Å². The molecule has 4 aromatic rings. The lowest BCUT2D eigenvalue weighted by Crippen LogP contribution is -2.56. The summed E-state index contributed by atoms with van der Waals surface area (Å²) in [6.45, 7) is 12.4. The third-order valence-electron chi connectivity index (χ3n) is 10.2. The SMILES string of the molecule is CC(=O)N1CCN(c2ccc(CN(C(=O)C=Cc3ccc(OC(C)C)cc3)[C@@H](Cc3ccccc3)C(=O)N3CCN(Cc4ccccc4)CC3)cc2)CC1. The summed E-state index contributed by atoms with van der Waals surface area (Å²) in [6.07, 6.45) is 3.87. The highest BCUT2D eigenvalue weighted by Gasteiger charge is 2.34. The lowest BCUT2D eigenvalue weighted by molar-refractivity contribution is -0.145. The number of hydrogen-bond donors (Lipinski definition) is 0. The van der Waals surface area contributed by atoms with E-state index in [-0.39, 0.29) is 30.4 Å². The van der Waals surface area contributed by atoms with Crippen LogP contribution in [0.3, 0.4) is 0 Å². The molecular formula is C45H53N5O4. The van der Waals surface area contributed by atoms with Crippen molar-refractivity contribution in [2.45, 2.75) is 52.4 Å². The molecule has 6 rings (SSSR count). The van der Waals surface area contributed by atoms with Gasteiger partial charge in [-0.3, -0.25) is 19.3 Å². The molecule has 0 spiro atoms. The van der Waals surface area contributed by atoms with Gasteiger partial charge in [0.05, 0.1) is 6.10 Å². The average Bonchev–Trinajstić information content (AvgIpc) is 3.20. The van der Waals surface area contributed by atoms with Crippen molar-refractivity contribution in [1.82, 2.24) is 19.6 Å². The predicted molar refractivity (Wildman–Crippen MR) is 215 cm³/mol. The Labute approximate surface area is 320 Å². The molecular weight excluding hydrogens is 675 g/mol. The van der Waals surface area contributed by atoms with E-state index >= 15 is 0 Å². The summed E-state index contributed by atoms with van der Waals surface area (Å²) in [7, 11) is 0. The van der Waals surface area contributed by atoms with Crippen LogP contribution in [0.25, 0.3) is 6.08 Å². The second-order valence-electron chi connectivity index (χ2n) is 14.5. The van der Waals surface area contributed by atoms with E-state index in [9.17, 15) is 14.4 Å². The molecule has 1 atom stereocenters. The summed E-state index contributed by atoms with van der Waals surface area (Å²) in [6, 6.07) is 35.6. The summed E-state index contributed by atoms with van der Waals surface area (Å²) in [5, 5.41) is 0. The first kappa shape index (κ1) is 38.3. The molecule has 0 bridgehead atoms. The van der Waals surface area contributed by atoms with Crippen molar-refractivity contribution in [3.8, 4) is 5.75 Å².